The molecule has 6 nitrogen and oxygen atoms in total. The van der Waals surface area contributed by atoms with Crippen LogP contribution in [0.5, 0.6) is 5.75 Å². The Morgan fingerprint density at radius 3 is 2.33 bits per heavy atom. The van der Waals surface area contributed by atoms with Crippen LogP contribution in [0.15, 0.2) is 42.7 Å². The summed E-state index contributed by atoms with van der Waals surface area (Å²) in [4.78, 5) is 28.6. The van der Waals surface area contributed by atoms with Gasteiger partial charge in [-0.25, -0.2) is 0 Å². The van der Waals surface area contributed by atoms with Crippen LogP contribution in [-0.4, -0.2) is 29.4 Å². The summed E-state index contributed by atoms with van der Waals surface area (Å²) in [6, 6.07) is 8.69. The first-order valence-corrected chi connectivity index (χ1v) is 9.31. The van der Waals surface area contributed by atoms with Crippen molar-refractivity contribution in [1.82, 2.24) is 10.3 Å². The molecule has 0 bridgehead atoms. The minimum Gasteiger partial charge on any atom is -0.491 e. The number of carbonyl (C=O) groups is 2. The molecule has 0 atom stereocenters. The average Bonchev–Trinajstić information content (AvgIpc) is 2.66. The molecule has 0 fully saturated rings. The lowest BCUT2D eigenvalue weighted by Gasteiger charge is -2.11. The summed E-state index contributed by atoms with van der Waals surface area (Å²) in [6.07, 6.45) is 6.10. The van der Waals surface area contributed by atoms with E-state index in [9.17, 15) is 9.59 Å². The van der Waals surface area contributed by atoms with Crippen molar-refractivity contribution < 1.29 is 14.3 Å². The Balaban J connectivity index is 1.97. The predicted molar refractivity (Wildman–Crippen MR) is 106 cm³/mol. The number of unbranched alkanes of at least 4 members (excludes halogenated alkanes) is 2. The summed E-state index contributed by atoms with van der Waals surface area (Å²) in [6.45, 7) is 6.64. The maximum absolute atomic E-state index is 12.4. The standard InChI is InChI=1S/C21H27N3O3/c1-4-5-6-11-23-20(25)16-12-17(14-22-13-16)21(26)24-18-7-9-19(10-8-18)27-15(2)3/h7-10,12-15H,4-6,11H2,1-3H3,(H,23,25)(H,24,26). The van der Waals surface area contributed by atoms with Gasteiger partial charge in [-0.2, -0.15) is 0 Å². The Kier molecular flexibility index (Phi) is 7.79. The third kappa shape index (κ3) is 6.73. The normalized spacial score (nSPS) is 10.5. The summed E-state index contributed by atoms with van der Waals surface area (Å²) < 4.78 is 5.58. The monoisotopic (exact) mass is 369 g/mol. The Bertz CT molecular complexity index is 758. The van der Waals surface area contributed by atoms with Crippen LogP contribution in [0.1, 0.15) is 60.7 Å². The summed E-state index contributed by atoms with van der Waals surface area (Å²) >= 11 is 0. The van der Waals surface area contributed by atoms with E-state index in [0.29, 0.717) is 23.4 Å². The highest BCUT2D eigenvalue weighted by atomic mass is 16.5. The van der Waals surface area contributed by atoms with Crippen LogP contribution in [0.3, 0.4) is 0 Å². The molecule has 0 saturated carbocycles. The summed E-state index contributed by atoms with van der Waals surface area (Å²) in [5, 5.41) is 5.65. The fourth-order valence-electron chi connectivity index (χ4n) is 2.46. The summed E-state index contributed by atoms with van der Waals surface area (Å²) in [5.41, 5.74) is 1.35. The second-order valence-electron chi connectivity index (χ2n) is 6.57. The van der Waals surface area contributed by atoms with Crippen molar-refractivity contribution in [3.05, 3.63) is 53.9 Å². The lowest BCUT2D eigenvalue weighted by atomic mass is 10.1. The number of nitrogens with zero attached hydrogens (tertiary/aromatic N) is 1. The van der Waals surface area contributed by atoms with Crippen LogP contribution in [0.2, 0.25) is 0 Å². The van der Waals surface area contributed by atoms with Crippen LogP contribution < -0.4 is 15.4 Å². The van der Waals surface area contributed by atoms with Gasteiger partial charge in [-0.05, 0) is 50.6 Å². The molecule has 0 saturated heterocycles. The van der Waals surface area contributed by atoms with E-state index in [-0.39, 0.29) is 17.9 Å². The minimum atomic E-state index is -0.319. The van der Waals surface area contributed by atoms with E-state index in [1.54, 1.807) is 30.3 Å². The van der Waals surface area contributed by atoms with Gasteiger partial charge in [0.25, 0.3) is 11.8 Å². The smallest absolute Gasteiger partial charge is 0.257 e. The van der Waals surface area contributed by atoms with Crippen molar-refractivity contribution >= 4 is 17.5 Å². The number of anilines is 1. The van der Waals surface area contributed by atoms with E-state index in [2.05, 4.69) is 22.5 Å². The molecule has 0 radical (unpaired) electrons. The zero-order valence-electron chi connectivity index (χ0n) is 16.1. The zero-order valence-corrected chi connectivity index (χ0v) is 16.1. The third-order valence-corrected chi connectivity index (χ3v) is 3.81. The lowest BCUT2D eigenvalue weighted by molar-refractivity contribution is 0.0952. The molecular formula is C21H27N3O3. The molecule has 1 aromatic heterocycles. The van der Waals surface area contributed by atoms with Gasteiger partial charge >= 0.3 is 0 Å². The maximum Gasteiger partial charge on any atom is 0.257 e. The van der Waals surface area contributed by atoms with Crippen LogP contribution >= 0.6 is 0 Å². The highest BCUT2D eigenvalue weighted by Gasteiger charge is 2.11. The molecule has 0 spiro atoms. The fourth-order valence-corrected chi connectivity index (χ4v) is 2.46. The molecule has 0 aliphatic carbocycles. The van der Waals surface area contributed by atoms with Gasteiger partial charge in [-0.3, -0.25) is 14.6 Å². The van der Waals surface area contributed by atoms with E-state index in [1.165, 1.54) is 12.4 Å². The number of hydrogen-bond acceptors (Lipinski definition) is 4. The number of ether oxygens (including phenoxy) is 1. The molecule has 0 aliphatic rings. The van der Waals surface area contributed by atoms with E-state index in [0.717, 1.165) is 25.0 Å². The molecule has 2 amide bonds. The van der Waals surface area contributed by atoms with Crippen molar-refractivity contribution in [3.8, 4) is 5.75 Å². The molecule has 0 unspecified atom stereocenters. The van der Waals surface area contributed by atoms with Gasteiger partial charge in [-0.15, -0.1) is 0 Å². The molecule has 27 heavy (non-hydrogen) atoms. The van der Waals surface area contributed by atoms with Crippen LogP contribution in [-0.2, 0) is 0 Å². The van der Waals surface area contributed by atoms with E-state index >= 15 is 0 Å². The number of nitrogens with one attached hydrogen (secondary N) is 2. The SMILES string of the molecule is CCCCCNC(=O)c1cncc(C(=O)Nc2ccc(OC(C)C)cc2)c1. The molecule has 1 heterocycles. The van der Waals surface area contributed by atoms with Crippen molar-refractivity contribution in [3.63, 3.8) is 0 Å². The first kappa shape index (κ1) is 20.4. The van der Waals surface area contributed by atoms with Crippen molar-refractivity contribution in [1.29, 1.82) is 0 Å². The van der Waals surface area contributed by atoms with Gasteiger partial charge < -0.3 is 15.4 Å². The van der Waals surface area contributed by atoms with Gasteiger partial charge in [0.2, 0.25) is 0 Å². The largest absolute Gasteiger partial charge is 0.491 e. The maximum atomic E-state index is 12.4. The van der Waals surface area contributed by atoms with Crippen molar-refractivity contribution in [2.24, 2.45) is 0 Å². The highest BCUT2D eigenvalue weighted by molar-refractivity contribution is 6.05. The van der Waals surface area contributed by atoms with Gasteiger partial charge in [0.1, 0.15) is 5.75 Å². The Labute approximate surface area is 160 Å². The number of rotatable bonds is 9. The van der Waals surface area contributed by atoms with Gasteiger partial charge in [0, 0.05) is 24.6 Å². The first-order valence-electron chi connectivity index (χ1n) is 9.31. The molecule has 6 heteroatoms. The quantitative estimate of drug-likeness (QED) is 0.654. The van der Waals surface area contributed by atoms with Crippen molar-refractivity contribution in [2.45, 2.75) is 46.1 Å². The molecule has 1 aromatic carbocycles. The molecule has 0 aliphatic heterocycles. The average molecular weight is 369 g/mol. The number of hydrogen-bond donors (Lipinski definition) is 2. The summed E-state index contributed by atoms with van der Waals surface area (Å²) in [5.74, 6) is 0.204. The Morgan fingerprint density at radius 2 is 1.70 bits per heavy atom. The van der Waals surface area contributed by atoms with Gasteiger partial charge in [0.05, 0.1) is 17.2 Å². The fraction of sp³-hybridized carbons (Fsp3) is 0.381. The second kappa shape index (κ2) is 10.3. The van der Waals surface area contributed by atoms with E-state index in [4.69, 9.17) is 4.74 Å². The number of aromatic nitrogens is 1. The molecule has 144 valence electrons. The minimum absolute atomic E-state index is 0.0902. The second-order valence-corrected chi connectivity index (χ2v) is 6.57. The first-order chi connectivity index (χ1) is 13.0. The zero-order chi connectivity index (χ0) is 19.6. The molecular weight excluding hydrogens is 342 g/mol. The highest BCUT2D eigenvalue weighted by Crippen LogP contribution is 2.17. The summed E-state index contributed by atoms with van der Waals surface area (Å²) in [7, 11) is 0. The Hall–Kier alpha value is -2.89. The van der Waals surface area contributed by atoms with Gasteiger partial charge in [-0.1, -0.05) is 19.8 Å². The molecule has 2 N–H and O–H groups in total. The van der Waals surface area contributed by atoms with Crippen molar-refractivity contribution in [2.75, 3.05) is 11.9 Å². The molecule has 2 aromatic rings. The number of amides is 2. The van der Waals surface area contributed by atoms with Crippen LogP contribution in [0.4, 0.5) is 5.69 Å². The lowest BCUT2D eigenvalue weighted by Crippen LogP contribution is -2.25. The van der Waals surface area contributed by atoms with Crippen LogP contribution in [0.25, 0.3) is 0 Å². The number of pyridine rings is 1. The number of benzene rings is 1. The molecule has 2 rings (SSSR count). The van der Waals surface area contributed by atoms with E-state index in [1.807, 2.05) is 13.8 Å². The Morgan fingerprint density at radius 1 is 1.04 bits per heavy atom. The third-order valence-electron chi connectivity index (χ3n) is 3.81. The topological polar surface area (TPSA) is 80.3 Å². The van der Waals surface area contributed by atoms with Crippen LogP contribution in [0, 0.1) is 0 Å². The van der Waals surface area contributed by atoms with Gasteiger partial charge in [0.15, 0.2) is 0 Å². The predicted octanol–water partition coefficient (Wildman–Crippen LogP) is 4.04. The number of carbonyl (C=O) groups excluding carboxylic acids is 2. The van der Waals surface area contributed by atoms with E-state index < -0.39 is 0 Å².